The van der Waals surface area contributed by atoms with Gasteiger partial charge in [0.1, 0.15) is 0 Å². The summed E-state index contributed by atoms with van der Waals surface area (Å²) in [5, 5.41) is 7.75. The Hall–Kier alpha value is 0.790. The van der Waals surface area contributed by atoms with Crippen LogP contribution in [-0.2, 0) is 0 Å². The Morgan fingerprint density at radius 1 is 1.38 bits per heavy atom. The first-order valence-corrected chi connectivity index (χ1v) is 3.19. The second kappa shape index (κ2) is 10.7. The van der Waals surface area contributed by atoms with Crippen LogP contribution in [0.1, 0.15) is 0 Å². The summed E-state index contributed by atoms with van der Waals surface area (Å²) in [5.74, 6) is 0. The maximum absolute atomic E-state index is 7.75. The minimum absolute atomic E-state index is 0.0972. The Balaban J connectivity index is 0. The summed E-state index contributed by atoms with van der Waals surface area (Å²) in [6, 6.07) is 0. The van der Waals surface area contributed by atoms with Crippen molar-refractivity contribution in [2.24, 2.45) is 5.73 Å². The molecule has 0 heterocycles. The van der Waals surface area contributed by atoms with Crippen molar-refractivity contribution in [3.05, 3.63) is 0 Å². The van der Waals surface area contributed by atoms with Crippen LogP contribution in [0.3, 0.4) is 0 Å². The van der Waals surface area contributed by atoms with E-state index < -0.39 is 4.30 Å². The summed E-state index contributed by atoms with van der Waals surface area (Å²) in [6.07, 6.45) is 0. The van der Waals surface area contributed by atoms with Crippen LogP contribution >= 0.6 is 34.8 Å². The van der Waals surface area contributed by atoms with Gasteiger partial charge < -0.3 is 10.8 Å². The Morgan fingerprint density at radius 3 is 1.50 bits per heavy atom. The highest BCUT2D eigenvalue weighted by Gasteiger charge is 1.78. The molecule has 3 N–H and O–H groups in total. The lowest BCUT2D eigenvalue weighted by Gasteiger charge is -1.71. The zero-order valence-electron chi connectivity index (χ0n) is 4.15. The quantitative estimate of drug-likeness (QED) is 0.590. The van der Waals surface area contributed by atoms with Gasteiger partial charge in [0, 0.05) is 6.54 Å². The van der Waals surface area contributed by atoms with Crippen molar-refractivity contribution in [2.75, 3.05) is 13.2 Å². The van der Waals surface area contributed by atoms with Crippen molar-refractivity contribution in [3.63, 3.8) is 0 Å². The first-order chi connectivity index (χ1) is 3.65. The highest BCUT2D eigenvalue weighted by atomic mass is 35.6. The van der Waals surface area contributed by atoms with Crippen LogP contribution in [0.5, 0.6) is 0 Å². The number of alkyl halides is 3. The molecule has 0 aliphatic rings. The van der Waals surface area contributed by atoms with Gasteiger partial charge in [-0.05, 0) is 0 Å². The third kappa shape index (κ3) is 71.0. The largest absolute Gasteiger partial charge is 0.395 e. The van der Waals surface area contributed by atoms with Gasteiger partial charge in [-0.25, -0.2) is 0 Å². The van der Waals surface area contributed by atoms with Gasteiger partial charge in [0.05, 0.1) is 6.61 Å². The van der Waals surface area contributed by atoms with Crippen molar-refractivity contribution in [1.82, 2.24) is 0 Å². The minimum Gasteiger partial charge on any atom is -0.395 e. The Labute approximate surface area is 63.5 Å². The number of halogens is 3. The van der Waals surface area contributed by atoms with Crippen LogP contribution in [0.25, 0.3) is 0 Å². The molecule has 0 aromatic heterocycles. The first kappa shape index (κ1) is 11.6. The average molecular weight is 180 g/mol. The van der Waals surface area contributed by atoms with Crippen molar-refractivity contribution >= 4 is 34.8 Å². The van der Waals surface area contributed by atoms with Gasteiger partial charge in [0.15, 0.2) is 4.30 Å². The number of aliphatic hydroxyl groups excluding tert-OH is 1. The highest BCUT2D eigenvalue weighted by Crippen LogP contribution is 2.03. The monoisotopic (exact) mass is 179 g/mol. The molecule has 0 aliphatic carbocycles. The van der Waals surface area contributed by atoms with Crippen molar-refractivity contribution in [1.29, 1.82) is 0 Å². The smallest absolute Gasteiger partial charge is 0.180 e. The molecule has 52 valence electrons. The number of hydrogen-bond acceptors (Lipinski definition) is 2. The van der Waals surface area contributed by atoms with E-state index in [0.29, 0.717) is 6.54 Å². The summed E-state index contributed by atoms with van der Waals surface area (Å²) in [6.45, 7) is 0.472. The van der Waals surface area contributed by atoms with Gasteiger partial charge in [0.25, 0.3) is 0 Å². The highest BCUT2D eigenvalue weighted by molar-refractivity contribution is 6.63. The average Bonchev–Trinajstić information content (AvgIpc) is 1.65. The maximum Gasteiger partial charge on any atom is 0.180 e. The third-order valence-electron chi connectivity index (χ3n) is 0.129. The first-order valence-electron chi connectivity index (χ1n) is 1.88. The SMILES string of the molecule is ClC(Cl)Cl.NCCO. The van der Waals surface area contributed by atoms with Crippen molar-refractivity contribution < 1.29 is 5.11 Å². The molecule has 0 atom stereocenters. The molecule has 0 amide bonds. The molecule has 0 aromatic carbocycles. The predicted octanol–water partition coefficient (Wildman–Crippen LogP) is 0.924. The minimum atomic E-state index is -0.750. The van der Waals surface area contributed by atoms with E-state index >= 15 is 0 Å². The normalized spacial score (nSPS) is 8.25. The summed E-state index contributed by atoms with van der Waals surface area (Å²) in [7, 11) is 0. The van der Waals surface area contributed by atoms with Gasteiger partial charge in [-0.1, -0.05) is 34.8 Å². The van der Waals surface area contributed by atoms with E-state index in [1.165, 1.54) is 0 Å². The molecule has 0 spiro atoms. The Bertz CT molecular complexity index is 31.0. The van der Waals surface area contributed by atoms with Crippen LogP contribution < -0.4 is 5.73 Å². The number of hydrogen-bond donors (Lipinski definition) is 2. The fourth-order valence-corrected chi connectivity index (χ4v) is 0. The van der Waals surface area contributed by atoms with E-state index in [1.807, 2.05) is 0 Å². The van der Waals surface area contributed by atoms with E-state index in [4.69, 9.17) is 45.6 Å². The van der Waals surface area contributed by atoms with Gasteiger partial charge in [0.2, 0.25) is 0 Å². The van der Waals surface area contributed by atoms with Crippen LogP contribution in [0.4, 0.5) is 0 Å². The Kier molecular flexibility index (Phi) is 15.5. The van der Waals surface area contributed by atoms with E-state index in [0.717, 1.165) is 0 Å². The van der Waals surface area contributed by atoms with Crippen molar-refractivity contribution in [3.8, 4) is 0 Å². The van der Waals surface area contributed by atoms with Crippen LogP contribution in [0.15, 0.2) is 0 Å². The molecular weight excluding hydrogens is 172 g/mol. The maximum atomic E-state index is 7.75. The van der Waals surface area contributed by atoms with Gasteiger partial charge in [-0.15, -0.1) is 0 Å². The molecule has 5 heteroatoms. The summed E-state index contributed by atoms with van der Waals surface area (Å²) >= 11 is 14.4. The fraction of sp³-hybridized carbons (Fsp3) is 1.00. The number of nitrogens with two attached hydrogens (primary N) is 1. The molecule has 0 unspecified atom stereocenters. The van der Waals surface area contributed by atoms with Crippen LogP contribution in [-0.4, -0.2) is 22.6 Å². The van der Waals surface area contributed by atoms with Gasteiger partial charge in [-0.2, -0.15) is 0 Å². The van der Waals surface area contributed by atoms with Crippen molar-refractivity contribution in [2.45, 2.75) is 4.30 Å². The lowest BCUT2D eigenvalue weighted by atomic mass is 10.8. The van der Waals surface area contributed by atoms with E-state index in [1.54, 1.807) is 0 Å². The van der Waals surface area contributed by atoms with Crippen LogP contribution in [0, 0.1) is 0 Å². The molecule has 0 saturated carbocycles. The summed E-state index contributed by atoms with van der Waals surface area (Å²) in [5.41, 5.74) is 4.78. The van der Waals surface area contributed by atoms with Crippen LogP contribution in [0.2, 0.25) is 0 Å². The second-order valence-corrected chi connectivity index (χ2v) is 2.74. The van der Waals surface area contributed by atoms with Gasteiger partial charge in [-0.3, -0.25) is 0 Å². The summed E-state index contributed by atoms with van der Waals surface area (Å²) < 4.78 is -0.750. The number of aliphatic hydroxyl groups is 1. The second-order valence-electron chi connectivity index (χ2n) is 0.760. The molecule has 0 radical (unpaired) electrons. The van der Waals surface area contributed by atoms with E-state index in [-0.39, 0.29) is 6.61 Å². The molecule has 0 bridgehead atoms. The lowest BCUT2D eigenvalue weighted by Crippen LogP contribution is -2.02. The lowest BCUT2D eigenvalue weighted by molar-refractivity contribution is 0.306. The molecule has 2 nitrogen and oxygen atoms in total. The molecule has 8 heavy (non-hydrogen) atoms. The predicted molar refractivity (Wildman–Crippen MR) is 37.5 cm³/mol. The topological polar surface area (TPSA) is 46.2 Å². The summed E-state index contributed by atoms with van der Waals surface area (Å²) in [4.78, 5) is 0. The molecular formula is C3H8Cl3NO. The molecule has 0 aromatic rings. The fourth-order valence-electron chi connectivity index (χ4n) is 0. The molecule has 0 rings (SSSR count). The van der Waals surface area contributed by atoms with Gasteiger partial charge >= 0.3 is 0 Å². The zero-order valence-corrected chi connectivity index (χ0v) is 6.42. The molecule has 0 saturated heterocycles. The standard InChI is InChI=1S/C2H7NO.CHCl3/c3-1-2-4;2-1(3)4/h4H,1-3H2;1H. The Morgan fingerprint density at radius 2 is 1.50 bits per heavy atom. The third-order valence-corrected chi connectivity index (χ3v) is 0.129. The zero-order chi connectivity index (χ0) is 6.99. The molecule has 0 aliphatic heterocycles. The van der Waals surface area contributed by atoms with E-state index in [9.17, 15) is 0 Å². The molecule has 0 fully saturated rings. The number of rotatable bonds is 1. The van der Waals surface area contributed by atoms with E-state index in [2.05, 4.69) is 0 Å².